The summed E-state index contributed by atoms with van der Waals surface area (Å²) >= 11 is 6.12. The van der Waals surface area contributed by atoms with Crippen molar-refractivity contribution in [2.24, 2.45) is 0 Å². The second-order valence-electron chi connectivity index (χ2n) is 4.57. The van der Waals surface area contributed by atoms with Crippen molar-refractivity contribution in [1.29, 1.82) is 0 Å². The van der Waals surface area contributed by atoms with Gasteiger partial charge in [-0.15, -0.1) is 0 Å². The van der Waals surface area contributed by atoms with Crippen molar-refractivity contribution >= 4 is 17.4 Å². The molecule has 0 amide bonds. The van der Waals surface area contributed by atoms with Gasteiger partial charge in [0.25, 0.3) is 0 Å². The SMILES string of the molecule is CCc1nc(Cl)c(C)c(N(C)CCOC(C)C)n1. The average Bonchev–Trinajstić information content (AvgIpc) is 2.31. The lowest BCUT2D eigenvalue weighted by molar-refractivity contribution is 0.0845. The fourth-order valence-corrected chi connectivity index (χ4v) is 1.76. The normalized spacial score (nSPS) is 11.1. The highest BCUT2D eigenvalue weighted by atomic mass is 35.5. The molecular formula is C13H22ClN3O. The third-order valence-electron chi connectivity index (χ3n) is 2.66. The van der Waals surface area contributed by atoms with E-state index in [-0.39, 0.29) is 6.10 Å². The number of likely N-dealkylation sites (N-methyl/N-ethyl adjacent to an activating group) is 1. The van der Waals surface area contributed by atoms with Gasteiger partial charge < -0.3 is 9.64 Å². The van der Waals surface area contributed by atoms with Gasteiger partial charge >= 0.3 is 0 Å². The molecule has 1 aromatic rings. The summed E-state index contributed by atoms with van der Waals surface area (Å²) in [5.41, 5.74) is 0.918. The van der Waals surface area contributed by atoms with Crippen LogP contribution in [0.15, 0.2) is 0 Å². The van der Waals surface area contributed by atoms with Crippen molar-refractivity contribution in [1.82, 2.24) is 9.97 Å². The Morgan fingerprint density at radius 3 is 2.56 bits per heavy atom. The van der Waals surface area contributed by atoms with Crippen LogP contribution in [0.1, 0.15) is 32.2 Å². The number of aromatic nitrogens is 2. The molecule has 0 saturated carbocycles. The minimum Gasteiger partial charge on any atom is -0.377 e. The number of hydrogen-bond donors (Lipinski definition) is 0. The van der Waals surface area contributed by atoms with Crippen LogP contribution in [0.5, 0.6) is 0 Å². The van der Waals surface area contributed by atoms with Crippen LogP contribution in [0, 0.1) is 6.92 Å². The van der Waals surface area contributed by atoms with E-state index in [0.717, 1.165) is 30.2 Å². The van der Waals surface area contributed by atoms with E-state index in [1.165, 1.54) is 0 Å². The van der Waals surface area contributed by atoms with E-state index in [2.05, 4.69) is 14.9 Å². The summed E-state index contributed by atoms with van der Waals surface area (Å²) in [6.45, 7) is 9.49. The van der Waals surface area contributed by atoms with Crippen LogP contribution in [-0.4, -0.2) is 36.3 Å². The lowest BCUT2D eigenvalue weighted by Crippen LogP contribution is -2.26. The molecule has 0 radical (unpaired) electrons. The van der Waals surface area contributed by atoms with E-state index in [4.69, 9.17) is 16.3 Å². The maximum absolute atomic E-state index is 6.12. The van der Waals surface area contributed by atoms with Gasteiger partial charge in [0.05, 0.1) is 12.7 Å². The minimum absolute atomic E-state index is 0.250. The molecule has 0 aliphatic carbocycles. The first-order valence-electron chi connectivity index (χ1n) is 6.31. The Morgan fingerprint density at radius 2 is 2.00 bits per heavy atom. The molecule has 4 nitrogen and oxygen atoms in total. The summed E-state index contributed by atoms with van der Waals surface area (Å²) in [7, 11) is 1.99. The first kappa shape index (κ1) is 15.2. The molecule has 5 heteroatoms. The van der Waals surface area contributed by atoms with Crippen LogP contribution in [0.25, 0.3) is 0 Å². The highest BCUT2D eigenvalue weighted by molar-refractivity contribution is 6.30. The number of aryl methyl sites for hydroxylation is 1. The van der Waals surface area contributed by atoms with Crippen molar-refractivity contribution in [3.63, 3.8) is 0 Å². The third-order valence-corrected chi connectivity index (χ3v) is 3.03. The van der Waals surface area contributed by atoms with Crippen LogP contribution in [-0.2, 0) is 11.2 Å². The van der Waals surface area contributed by atoms with Gasteiger partial charge in [0.15, 0.2) is 0 Å². The molecule has 0 saturated heterocycles. The lowest BCUT2D eigenvalue weighted by atomic mass is 10.3. The van der Waals surface area contributed by atoms with Crippen LogP contribution in [0.2, 0.25) is 5.15 Å². The quantitative estimate of drug-likeness (QED) is 0.746. The number of nitrogens with zero attached hydrogens (tertiary/aromatic N) is 3. The first-order chi connectivity index (χ1) is 8.45. The molecule has 102 valence electrons. The lowest BCUT2D eigenvalue weighted by Gasteiger charge is -2.21. The van der Waals surface area contributed by atoms with Gasteiger partial charge in [-0.1, -0.05) is 18.5 Å². The second kappa shape index (κ2) is 6.90. The Morgan fingerprint density at radius 1 is 1.33 bits per heavy atom. The summed E-state index contributed by atoms with van der Waals surface area (Å²) in [5.74, 6) is 1.66. The molecule has 1 heterocycles. The molecule has 0 bridgehead atoms. The van der Waals surface area contributed by atoms with Gasteiger partial charge in [-0.2, -0.15) is 0 Å². The predicted octanol–water partition coefficient (Wildman–Crippen LogP) is 2.86. The van der Waals surface area contributed by atoms with Crippen molar-refractivity contribution in [3.8, 4) is 0 Å². The summed E-state index contributed by atoms with van der Waals surface area (Å²) in [6.07, 6.45) is 1.03. The van der Waals surface area contributed by atoms with E-state index in [9.17, 15) is 0 Å². The Bertz CT molecular complexity index is 396. The van der Waals surface area contributed by atoms with E-state index in [0.29, 0.717) is 11.8 Å². The summed E-state index contributed by atoms with van der Waals surface area (Å²) in [5, 5.41) is 0.536. The number of hydrogen-bond acceptors (Lipinski definition) is 4. The zero-order valence-corrected chi connectivity index (χ0v) is 12.6. The molecule has 1 rings (SSSR count). The Hall–Kier alpha value is -0.870. The molecule has 0 fully saturated rings. The maximum atomic E-state index is 6.12. The topological polar surface area (TPSA) is 38.2 Å². The molecule has 0 N–H and O–H groups in total. The fraction of sp³-hybridized carbons (Fsp3) is 0.692. The van der Waals surface area contributed by atoms with Gasteiger partial charge in [-0.25, -0.2) is 9.97 Å². The van der Waals surface area contributed by atoms with E-state index in [1.807, 2.05) is 34.7 Å². The molecule has 0 aromatic carbocycles. The number of halogens is 1. The van der Waals surface area contributed by atoms with Gasteiger partial charge in [0.1, 0.15) is 16.8 Å². The average molecular weight is 272 g/mol. The van der Waals surface area contributed by atoms with Crippen molar-refractivity contribution in [3.05, 3.63) is 16.5 Å². The highest BCUT2D eigenvalue weighted by Gasteiger charge is 2.12. The minimum atomic E-state index is 0.250. The standard InChI is InChI=1S/C13H22ClN3O/c1-6-11-15-12(14)10(4)13(16-11)17(5)7-8-18-9(2)3/h9H,6-8H2,1-5H3. The Labute approximate surface area is 114 Å². The van der Waals surface area contributed by atoms with Gasteiger partial charge in [0.2, 0.25) is 0 Å². The largest absolute Gasteiger partial charge is 0.377 e. The molecule has 0 aliphatic rings. The van der Waals surface area contributed by atoms with Crippen molar-refractivity contribution in [2.75, 3.05) is 25.1 Å². The maximum Gasteiger partial charge on any atom is 0.137 e. The molecule has 18 heavy (non-hydrogen) atoms. The second-order valence-corrected chi connectivity index (χ2v) is 4.93. The predicted molar refractivity (Wildman–Crippen MR) is 75.5 cm³/mol. The fourth-order valence-electron chi connectivity index (χ4n) is 1.58. The summed E-state index contributed by atoms with van der Waals surface area (Å²) in [6, 6.07) is 0. The van der Waals surface area contributed by atoms with E-state index >= 15 is 0 Å². The monoisotopic (exact) mass is 271 g/mol. The third kappa shape index (κ3) is 4.10. The van der Waals surface area contributed by atoms with Gasteiger partial charge in [-0.3, -0.25) is 0 Å². The van der Waals surface area contributed by atoms with Crippen LogP contribution < -0.4 is 4.90 Å². The zero-order chi connectivity index (χ0) is 13.7. The number of ether oxygens (including phenoxy) is 1. The first-order valence-corrected chi connectivity index (χ1v) is 6.69. The molecular weight excluding hydrogens is 250 g/mol. The molecule has 0 unspecified atom stereocenters. The Kier molecular flexibility index (Phi) is 5.82. The van der Waals surface area contributed by atoms with Crippen molar-refractivity contribution < 1.29 is 4.74 Å². The van der Waals surface area contributed by atoms with Crippen molar-refractivity contribution in [2.45, 2.75) is 40.2 Å². The molecule has 1 aromatic heterocycles. The highest BCUT2D eigenvalue weighted by Crippen LogP contribution is 2.22. The van der Waals surface area contributed by atoms with Crippen LogP contribution in [0.3, 0.4) is 0 Å². The summed E-state index contributed by atoms with van der Waals surface area (Å²) in [4.78, 5) is 10.8. The summed E-state index contributed by atoms with van der Waals surface area (Å²) < 4.78 is 5.54. The van der Waals surface area contributed by atoms with Crippen LogP contribution in [0.4, 0.5) is 5.82 Å². The zero-order valence-electron chi connectivity index (χ0n) is 11.8. The van der Waals surface area contributed by atoms with Gasteiger partial charge in [-0.05, 0) is 20.8 Å². The van der Waals surface area contributed by atoms with E-state index in [1.54, 1.807) is 0 Å². The number of anilines is 1. The van der Waals surface area contributed by atoms with E-state index < -0.39 is 0 Å². The Balaban J connectivity index is 2.77. The molecule has 0 aliphatic heterocycles. The molecule has 0 spiro atoms. The van der Waals surface area contributed by atoms with Crippen LogP contribution >= 0.6 is 11.6 Å². The number of rotatable bonds is 6. The smallest absolute Gasteiger partial charge is 0.137 e. The van der Waals surface area contributed by atoms with Gasteiger partial charge in [0, 0.05) is 25.6 Å². The molecule has 0 atom stereocenters.